The van der Waals surface area contributed by atoms with E-state index in [0.717, 1.165) is 0 Å². The largest absolute Gasteiger partial charge is 0.505 e. The Bertz CT molecular complexity index is 570. The number of carbonyl (C=O) groups is 1. The van der Waals surface area contributed by atoms with E-state index in [9.17, 15) is 19.4 Å². The second kappa shape index (κ2) is 6.74. The highest BCUT2D eigenvalue weighted by atomic mass is 19.1. The van der Waals surface area contributed by atoms with Gasteiger partial charge in [-0.15, -0.1) is 0 Å². The zero-order valence-corrected chi connectivity index (χ0v) is 13.8. The second-order valence-electron chi connectivity index (χ2n) is 6.94. The Labute approximate surface area is 135 Å². The Kier molecular flexibility index (Phi) is 5.14. The van der Waals surface area contributed by atoms with Gasteiger partial charge in [0.2, 0.25) is 0 Å². The average Bonchev–Trinajstić information content (AvgIpc) is 2.84. The van der Waals surface area contributed by atoms with Gasteiger partial charge in [0.15, 0.2) is 11.6 Å². The summed E-state index contributed by atoms with van der Waals surface area (Å²) in [6.07, 6.45) is 0.0405. The standard InChI is InChI=1S/C17H24FNO4/c1-17(2,3)23-16(22)19-9-11(7-8-20)13(10-19)12-5-4-6-14(18)15(12)21/h4-6,11,13,20-21H,7-10H2,1-3H3/t11-,13-/m0/s1. The summed E-state index contributed by atoms with van der Waals surface area (Å²) in [6.45, 7) is 6.10. The van der Waals surface area contributed by atoms with Crippen LogP contribution in [0, 0.1) is 11.7 Å². The minimum atomic E-state index is -0.680. The molecule has 2 N–H and O–H groups in total. The highest BCUT2D eigenvalue weighted by Crippen LogP contribution is 2.39. The predicted molar refractivity (Wildman–Crippen MR) is 83.8 cm³/mol. The number of aliphatic hydroxyl groups is 1. The lowest BCUT2D eigenvalue weighted by molar-refractivity contribution is 0.0284. The molecule has 0 unspecified atom stereocenters. The Morgan fingerprint density at radius 3 is 2.70 bits per heavy atom. The molecule has 1 aliphatic rings. The molecule has 6 heteroatoms. The Balaban J connectivity index is 2.21. The van der Waals surface area contributed by atoms with Gasteiger partial charge < -0.3 is 19.8 Å². The smallest absolute Gasteiger partial charge is 0.410 e. The summed E-state index contributed by atoms with van der Waals surface area (Å²) in [5.41, 5.74) is -0.127. The van der Waals surface area contributed by atoms with Crippen LogP contribution in [0.2, 0.25) is 0 Å². The zero-order valence-electron chi connectivity index (χ0n) is 13.8. The molecule has 1 amide bonds. The molecule has 0 spiro atoms. The molecule has 1 aliphatic heterocycles. The number of aliphatic hydroxyl groups excluding tert-OH is 1. The van der Waals surface area contributed by atoms with Gasteiger partial charge in [0.25, 0.3) is 0 Å². The van der Waals surface area contributed by atoms with Crippen molar-refractivity contribution in [3.05, 3.63) is 29.6 Å². The first-order valence-corrected chi connectivity index (χ1v) is 7.79. The third-order valence-corrected chi connectivity index (χ3v) is 4.01. The van der Waals surface area contributed by atoms with Crippen LogP contribution in [0.3, 0.4) is 0 Å². The molecule has 1 heterocycles. The van der Waals surface area contributed by atoms with Crippen LogP contribution < -0.4 is 0 Å². The van der Waals surface area contributed by atoms with Crippen molar-refractivity contribution in [1.29, 1.82) is 0 Å². The molecule has 0 radical (unpaired) electrons. The highest BCUT2D eigenvalue weighted by molar-refractivity contribution is 5.69. The number of rotatable bonds is 3. The van der Waals surface area contributed by atoms with Crippen LogP contribution in [0.5, 0.6) is 5.75 Å². The van der Waals surface area contributed by atoms with Crippen molar-refractivity contribution in [2.75, 3.05) is 19.7 Å². The van der Waals surface area contributed by atoms with Crippen molar-refractivity contribution in [2.45, 2.75) is 38.7 Å². The third-order valence-electron chi connectivity index (χ3n) is 4.01. The molecule has 0 aromatic heterocycles. The van der Waals surface area contributed by atoms with E-state index >= 15 is 0 Å². The van der Waals surface area contributed by atoms with Gasteiger partial charge >= 0.3 is 6.09 Å². The first kappa shape index (κ1) is 17.5. The first-order valence-electron chi connectivity index (χ1n) is 7.79. The maximum Gasteiger partial charge on any atom is 0.410 e. The summed E-state index contributed by atoms with van der Waals surface area (Å²) in [4.78, 5) is 13.8. The quantitative estimate of drug-likeness (QED) is 0.896. The average molecular weight is 325 g/mol. The van der Waals surface area contributed by atoms with E-state index in [1.165, 1.54) is 12.1 Å². The molecule has 0 bridgehead atoms. The van der Waals surface area contributed by atoms with E-state index in [1.807, 2.05) is 0 Å². The van der Waals surface area contributed by atoms with Crippen LogP contribution >= 0.6 is 0 Å². The van der Waals surface area contributed by atoms with E-state index in [1.54, 1.807) is 31.7 Å². The molecule has 23 heavy (non-hydrogen) atoms. The molecule has 128 valence electrons. The highest BCUT2D eigenvalue weighted by Gasteiger charge is 2.38. The number of hydrogen-bond donors (Lipinski definition) is 2. The number of ether oxygens (including phenoxy) is 1. The first-order chi connectivity index (χ1) is 10.7. The van der Waals surface area contributed by atoms with Gasteiger partial charge in [0.1, 0.15) is 5.60 Å². The Morgan fingerprint density at radius 2 is 2.09 bits per heavy atom. The summed E-state index contributed by atoms with van der Waals surface area (Å²) in [5, 5.41) is 19.2. The van der Waals surface area contributed by atoms with E-state index in [4.69, 9.17) is 4.74 Å². The lowest BCUT2D eigenvalue weighted by Crippen LogP contribution is -2.35. The summed E-state index contributed by atoms with van der Waals surface area (Å²) in [6, 6.07) is 4.39. The lowest BCUT2D eigenvalue weighted by Gasteiger charge is -2.24. The Hall–Kier alpha value is -1.82. The van der Waals surface area contributed by atoms with Crippen molar-refractivity contribution in [2.24, 2.45) is 5.92 Å². The summed E-state index contributed by atoms with van der Waals surface area (Å²) in [5.74, 6) is -1.35. The zero-order chi connectivity index (χ0) is 17.2. The van der Waals surface area contributed by atoms with E-state index in [-0.39, 0.29) is 24.2 Å². The van der Waals surface area contributed by atoms with Crippen molar-refractivity contribution in [3.8, 4) is 5.75 Å². The fraction of sp³-hybridized carbons (Fsp3) is 0.588. The van der Waals surface area contributed by atoms with Crippen LogP contribution in [-0.4, -0.2) is 46.5 Å². The number of amides is 1. The number of phenolic OH excluding ortho intramolecular Hbond substituents is 1. The van der Waals surface area contributed by atoms with Gasteiger partial charge in [0, 0.05) is 31.2 Å². The monoisotopic (exact) mass is 325 g/mol. The van der Waals surface area contributed by atoms with Gasteiger partial charge in [-0.05, 0) is 39.2 Å². The number of nitrogens with zero attached hydrogens (tertiary/aromatic N) is 1. The van der Waals surface area contributed by atoms with Crippen LogP contribution in [0.1, 0.15) is 38.7 Å². The molecule has 1 fully saturated rings. The number of halogens is 1. The number of aromatic hydroxyl groups is 1. The molecule has 0 saturated carbocycles. The maximum absolute atomic E-state index is 13.6. The molecular formula is C17H24FNO4. The van der Waals surface area contributed by atoms with Crippen molar-refractivity contribution < 1.29 is 24.1 Å². The van der Waals surface area contributed by atoms with E-state index in [2.05, 4.69) is 0 Å². The molecule has 0 aliphatic carbocycles. The van der Waals surface area contributed by atoms with Crippen LogP contribution in [0.15, 0.2) is 18.2 Å². The molecule has 1 aromatic rings. The van der Waals surface area contributed by atoms with Gasteiger partial charge in [0.05, 0.1) is 0 Å². The van der Waals surface area contributed by atoms with Crippen molar-refractivity contribution >= 4 is 6.09 Å². The van der Waals surface area contributed by atoms with Gasteiger partial charge in [-0.3, -0.25) is 0 Å². The summed E-state index contributed by atoms with van der Waals surface area (Å²) < 4.78 is 19.0. The molecule has 5 nitrogen and oxygen atoms in total. The number of phenols is 1. The number of likely N-dealkylation sites (tertiary alicyclic amines) is 1. The minimum Gasteiger partial charge on any atom is -0.505 e. The third kappa shape index (κ3) is 4.13. The topological polar surface area (TPSA) is 70.0 Å². The van der Waals surface area contributed by atoms with Crippen LogP contribution in [0.4, 0.5) is 9.18 Å². The van der Waals surface area contributed by atoms with Gasteiger partial charge in [-0.2, -0.15) is 0 Å². The number of benzene rings is 1. The number of hydrogen-bond acceptors (Lipinski definition) is 4. The van der Waals surface area contributed by atoms with Crippen LogP contribution in [0.25, 0.3) is 0 Å². The fourth-order valence-electron chi connectivity index (χ4n) is 2.99. The summed E-state index contributed by atoms with van der Waals surface area (Å²) in [7, 11) is 0. The molecule has 2 rings (SSSR count). The van der Waals surface area contributed by atoms with Crippen LogP contribution in [-0.2, 0) is 4.74 Å². The lowest BCUT2D eigenvalue weighted by atomic mass is 9.86. The Morgan fingerprint density at radius 1 is 1.39 bits per heavy atom. The second-order valence-corrected chi connectivity index (χ2v) is 6.94. The predicted octanol–water partition coefficient (Wildman–Crippen LogP) is 2.86. The molecule has 1 aromatic carbocycles. The molecular weight excluding hydrogens is 301 g/mol. The SMILES string of the molecule is CC(C)(C)OC(=O)N1C[C@H](CCO)[C@@H](c2cccc(F)c2O)C1. The van der Waals surface area contributed by atoms with E-state index < -0.39 is 17.5 Å². The van der Waals surface area contributed by atoms with E-state index in [0.29, 0.717) is 25.1 Å². The van der Waals surface area contributed by atoms with Gasteiger partial charge in [-0.1, -0.05) is 12.1 Å². The molecule has 2 atom stereocenters. The maximum atomic E-state index is 13.6. The van der Waals surface area contributed by atoms with Crippen molar-refractivity contribution in [1.82, 2.24) is 4.90 Å². The van der Waals surface area contributed by atoms with Gasteiger partial charge in [-0.25, -0.2) is 9.18 Å². The fourth-order valence-corrected chi connectivity index (χ4v) is 2.99. The number of carbonyl (C=O) groups excluding carboxylic acids is 1. The van der Waals surface area contributed by atoms with Crippen molar-refractivity contribution in [3.63, 3.8) is 0 Å². The summed E-state index contributed by atoms with van der Waals surface area (Å²) >= 11 is 0. The molecule has 1 saturated heterocycles. The minimum absolute atomic E-state index is 0.0284. The number of para-hydroxylation sites is 1. The normalized spacial score (nSPS) is 21.5.